The maximum atomic E-state index is 6.39. The van der Waals surface area contributed by atoms with Gasteiger partial charge in [-0.25, -0.2) is 0 Å². The van der Waals surface area contributed by atoms with Gasteiger partial charge >= 0.3 is 0 Å². The van der Waals surface area contributed by atoms with E-state index in [1.54, 1.807) is 14.2 Å². The summed E-state index contributed by atoms with van der Waals surface area (Å²) in [5.74, 6) is 1.42. The molecule has 0 aliphatic rings. The van der Waals surface area contributed by atoms with E-state index in [4.69, 9.17) is 21.1 Å². The molecule has 0 amide bonds. The lowest BCUT2D eigenvalue weighted by molar-refractivity contribution is 0.354. The molecule has 2 aromatic carbocycles. The summed E-state index contributed by atoms with van der Waals surface area (Å²) in [6, 6.07) is 9.84. The van der Waals surface area contributed by atoms with Crippen LogP contribution in [0.3, 0.4) is 0 Å². The van der Waals surface area contributed by atoms with Crippen molar-refractivity contribution in [2.45, 2.75) is 11.8 Å². The zero-order valence-electron chi connectivity index (χ0n) is 11.9. The third-order valence-corrected chi connectivity index (χ3v) is 5.60. The summed E-state index contributed by atoms with van der Waals surface area (Å²) < 4.78 is 11.6. The van der Waals surface area contributed by atoms with Crippen LogP contribution in [0.5, 0.6) is 11.5 Å². The normalized spacial score (nSPS) is 12.1. The molecule has 1 atom stereocenters. The lowest BCUT2D eigenvalue weighted by Gasteiger charge is -2.18. The van der Waals surface area contributed by atoms with Gasteiger partial charge in [0.1, 0.15) is 0 Å². The first-order valence-corrected chi connectivity index (χ1v) is 8.38. The van der Waals surface area contributed by atoms with Gasteiger partial charge in [0.15, 0.2) is 11.5 Å². The minimum absolute atomic E-state index is 0.0256. The van der Waals surface area contributed by atoms with Crippen LogP contribution in [0.4, 0.5) is 0 Å². The van der Waals surface area contributed by atoms with Crippen LogP contribution >= 0.6 is 43.5 Å². The van der Waals surface area contributed by atoms with Crippen LogP contribution in [0.2, 0.25) is 5.02 Å². The molecule has 0 N–H and O–H groups in total. The van der Waals surface area contributed by atoms with Gasteiger partial charge in [-0.1, -0.05) is 39.7 Å². The molecule has 0 bridgehead atoms. The van der Waals surface area contributed by atoms with E-state index in [1.807, 2.05) is 37.3 Å². The molecule has 0 heterocycles. The molecule has 0 fully saturated rings. The molecule has 21 heavy (non-hydrogen) atoms. The van der Waals surface area contributed by atoms with Crippen LogP contribution in [0.25, 0.3) is 0 Å². The Morgan fingerprint density at radius 3 is 2.29 bits per heavy atom. The van der Waals surface area contributed by atoms with Gasteiger partial charge < -0.3 is 9.47 Å². The van der Waals surface area contributed by atoms with E-state index in [0.29, 0.717) is 10.8 Å². The third kappa shape index (κ3) is 3.38. The second-order valence-corrected chi connectivity index (χ2v) is 6.72. The molecule has 2 rings (SSSR count). The van der Waals surface area contributed by atoms with Gasteiger partial charge in [0.25, 0.3) is 0 Å². The van der Waals surface area contributed by atoms with Gasteiger partial charge in [0.05, 0.1) is 24.1 Å². The number of halogens is 3. The third-order valence-electron chi connectivity index (χ3n) is 3.30. The van der Waals surface area contributed by atoms with Crippen LogP contribution in [-0.4, -0.2) is 14.2 Å². The van der Waals surface area contributed by atoms with Crippen LogP contribution in [0.1, 0.15) is 21.5 Å². The Morgan fingerprint density at radius 2 is 1.67 bits per heavy atom. The molecule has 0 saturated heterocycles. The predicted molar refractivity (Wildman–Crippen MR) is 94.2 cm³/mol. The van der Waals surface area contributed by atoms with Gasteiger partial charge in [-0.05, 0) is 57.7 Å². The van der Waals surface area contributed by atoms with Crippen molar-refractivity contribution in [3.8, 4) is 11.5 Å². The van der Waals surface area contributed by atoms with Crippen molar-refractivity contribution < 1.29 is 9.47 Å². The number of methoxy groups -OCH3 is 2. The van der Waals surface area contributed by atoms with E-state index < -0.39 is 0 Å². The SMILES string of the molecule is COc1cc(C)c(C(Br)c2cccc(Br)c2Cl)cc1OC. The molecule has 5 heteroatoms. The maximum absolute atomic E-state index is 6.39. The first kappa shape index (κ1) is 16.7. The summed E-state index contributed by atoms with van der Waals surface area (Å²) in [5.41, 5.74) is 3.19. The van der Waals surface area contributed by atoms with E-state index >= 15 is 0 Å². The fraction of sp³-hybridized carbons (Fsp3) is 0.250. The maximum Gasteiger partial charge on any atom is 0.161 e. The van der Waals surface area contributed by atoms with Gasteiger partial charge in [0, 0.05) is 4.47 Å². The molecule has 0 aliphatic heterocycles. The Labute approximate surface area is 146 Å². The number of hydrogen-bond acceptors (Lipinski definition) is 2. The molecule has 0 aliphatic carbocycles. The summed E-state index contributed by atoms with van der Waals surface area (Å²) in [6.07, 6.45) is 0. The first-order valence-electron chi connectivity index (χ1n) is 6.30. The first-order chi connectivity index (χ1) is 9.99. The largest absolute Gasteiger partial charge is 0.493 e. The van der Waals surface area contributed by atoms with Crippen LogP contribution in [0, 0.1) is 6.92 Å². The van der Waals surface area contributed by atoms with Crippen molar-refractivity contribution in [2.24, 2.45) is 0 Å². The van der Waals surface area contributed by atoms with Crippen molar-refractivity contribution in [3.05, 3.63) is 56.5 Å². The van der Waals surface area contributed by atoms with Crippen molar-refractivity contribution in [2.75, 3.05) is 14.2 Å². The molecule has 112 valence electrons. The molecule has 0 spiro atoms. The molecular formula is C16H15Br2ClO2. The quantitative estimate of drug-likeness (QED) is 0.557. The van der Waals surface area contributed by atoms with Crippen molar-refractivity contribution in [1.29, 1.82) is 0 Å². The summed E-state index contributed by atoms with van der Waals surface area (Å²) in [6.45, 7) is 2.04. The van der Waals surface area contributed by atoms with Crippen LogP contribution < -0.4 is 9.47 Å². The summed E-state index contributed by atoms with van der Waals surface area (Å²) in [4.78, 5) is -0.0256. The number of rotatable bonds is 4. The summed E-state index contributed by atoms with van der Waals surface area (Å²) >= 11 is 13.6. The van der Waals surface area contributed by atoms with E-state index in [9.17, 15) is 0 Å². The highest BCUT2D eigenvalue weighted by Gasteiger charge is 2.19. The molecule has 2 aromatic rings. The summed E-state index contributed by atoms with van der Waals surface area (Å²) in [5, 5.41) is 0.702. The smallest absolute Gasteiger partial charge is 0.161 e. The number of hydrogen-bond donors (Lipinski definition) is 0. The zero-order valence-corrected chi connectivity index (χ0v) is 15.8. The lowest BCUT2D eigenvalue weighted by Crippen LogP contribution is -2.00. The Balaban J connectivity index is 2.53. The number of benzene rings is 2. The van der Waals surface area contributed by atoms with Crippen molar-refractivity contribution >= 4 is 43.5 Å². The van der Waals surface area contributed by atoms with E-state index in [2.05, 4.69) is 31.9 Å². The lowest BCUT2D eigenvalue weighted by atomic mass is 9.99. The monoisotopic (exact) mass is 432 g/mol. The number of alkyl halides is 1. The molecule has 1 unspecified atom stereocenters. The molecule has 0 saturated carbocycles. The van der Waals surface area contributed by atoms with Crippen molar-refractivity contribution in [3.63, 3.8) is 0 Å². The Morgan fingerprint density at radius 1 is 1.05 bits per heavy atom. The van der Waals surface area contributed by atoms with Gasteiger partial charge in [0.2, 0.25) is 0 Å². The second kappa shape index (κ2) is 7.03. The fourth-order valence-corrected chi connectivity index (χ4v) is 3.78. The Kier molecular flexibility index (Phi) is 5.58. The van der Waals surface area contributed by atoms with E-state index in [1.165, 1.54) is 0 Å². The highest BCUT2D eigenvalue weighted by atomic mass is 79.9. The fourth-order valence-electron chi connectivity index (χ4n) is 2.15. The Hall–Kier alpha value is -0.710. The average Bonchev–Trinajstić information content (AvgIpc) is 2.49. The second-order valence-electron chi connectivity index (χ2n) is 4.57. The molecule has 2 nitrogen and oxygen atoms in total. The minimum Gasteiger partial charge on any atom is -0.493 e. The molecule has 0 aromatic heterocycles. The standard InChI is InChI=1S/C16H15Br2ClO2/c1-9-7-13(20-2)14(21-3)8-11(9)15(18)10-5-4-6-12(17)16(10)19/h4-8,15H,1-3H3. The van der Waals surface area contributed by atoms with Crippen molar-refractivity contribution in [1.82, 2.24) is 0 Å². The van der Waals surface area contributed by atoms with Crippen LogP contribution in [0.15, 0.2) is 34.8 Å². The number of ether oxygens (including phenoxy) is 2. The molecule has 0 radical (unpaired) electrons. The predicted octanol–water partition coefficient (Wildman–Crippen LogP) is 5.91. The topological polar surface area (TPSA) is 18.5 Å². The van der Waals surface area contributed by atoms with Gasteiger partial charge in [-0.3, -0.25) is 0 Å². The summed E-state index contributed by atoms with van der Waals surface area (Å²) in [7, 11) is 3.26. The highest BCUT2D eigenvalue weighted by molar-refractivity contribution is 9.10. The zero-order chi connectivity index (χ0) is 15.6. The Bertz CT molecular complexity index is 659. The highest BCUT2D eigenvalue weighted by Crippen LogP contribution is 2.42. The van der Waals surface area contributed by atoms with Crippen LogP contribution in [-0.2, 0) is 0 Å². The molecular weight excluding hydrogens is 419 g/mol. The minimum atomic E-state index is -0.0256. The average molecular weight is 435 g/mol. The van der Waals surface area contributed by atoms with E-state index in [0.717, 1.165) is 26.9 Å². The van der Waals surface area contributed by atoms with Gasteiger partial charge in [-0.15, -0.1) is 0 Å². The van der Waals surface area contributed by atoms with E-state index in [-0.39, 0.29) is 4.83 Å². The van der Waals surface area contributed by atoms with Gasteiger partial charge in [-0.2, -0.15) is 0 Å². The number of aryl methyl sites for hydroxylation is 1.